The van der Waals surface area contributed by atoms with Crippen LogP contribution in [0.4, 0.5) is 8.78 Å². The molecule has 0 spiro atoms. The number of ether oxygens (including phenoxy) is 1. The molecular weight excluding hydrogens is 296 g/mol. The summed E-state index contributed by atoms with van der Waals surface area (Å²) in [5, 5.41) is 2.99. The van der Waals surface area contributed by atoms with Gasteiger partial charge in [0, 0.05) is 11.6 Å². The summed E-state index contributed by atoms with van der Waals surface area (Å²) >= 11 is 5.74. The summed E-state index contributed by atoms with van der Waals surface area (Å²) in [4.78, 5) is 0. The number of rotatable bonds is 4. The van der Waals surface area contributed by atoms with Crippen molar-refractivity contribution in [2.45, 2.75) is 19.9 Å². The van der Waals surface area contributed by atoms with E-state index in [-0.39, 0.29) is 22.6 Å². The first kappa shape index (κ1) is 15.7. The smallest absolute Gasteiger partial charge is 0.184 e. The molecule has 0 bridgehead atoms. The molecule has 1 N–H and O–H groups in total. The van der Waals surface area contributed by atoms with E-state index in [4.69, 9.17) is 16.3 Å². The first-order chi connectivity index (χ1) is 9.93. The van der Waals surface area contributed by atoms with Gasteiger partial charge in [-0.15, -0.1) is 0 Å². The Kier molecular flexibility index (Phi) is 4.80. The number of halogens is 3. The van der Waals surface area contributed by atoms with E-state index in [0.717, 1.165) is 0 Å². The number of hydrogen-bond donors (Lipinski definition) is 1. The summed E-state index contributed by atoms with van der Waals surface area (Å²) in [6, 6.07) is 7.33. The lowest BCUT2D eigenvalue weighted by Gasteiger charge is -2.18. The number of hydrogen-bond acceptors (Lipinski definition) is 2. The molecule has 0 aliphatic heterocycles. The summed E-state index contributed by atoms with van der Waals surface area (Å²) in [5.74, 6) is -0.551. The molecular formula is C16H16ClF2NO. The third kappa shape index (κ3) is 3.34. The molecule has 0 aliphatic carbocycles. The average Bonchev–Trinajstić information content (AvgIpc) is 2.46. The molecule has 112 valence electrons. The van der Waals surface area contributed by atoms with Gasteiger partial charge in [0.25, 0.3) is 0 Å². The summed E-state index contributed by atoms with van der Waals surface area (Å²) in [6.07, 6.45) is 0. The zero-order chi connectivity index (χ0) is 15.6. The van der Waals surface area contributed by atoms with Gasteiger partial charge in [0.05, 0.1) is 5.02 Å². The van der Waals surface area contributed by atoms with E-state index >= 15 is 0 Å². The van der Waals surface area contributed by atoms with E-state index in [0.29, 0.717) is 16.9 Å². The molecule has 0 saturated heterocycles. The highest BCUT2D eigenvalue weighted by molar-refractivity contribution is 6.30. The Hall–Kier alpha value is -1.65. The van der Waals surface area contributed by atoms with Crippen molar-refractivity contribution in [3.63, 3.8) is 0 Å². The van der Waals surface area contributed by atoms with E-state index < -0.39 is 5.82 Å². The minimum atomic E-state index is -0.635. The van der Waals surface area contributed by atoms with Crippen LogP contribution in [0.1, 0.15) is 24.1 Å². The fourth-order valence-electron chi connectivity index (χ4n) is 1.93. The van der Waals surface area contributed by atoms with Crippen molar-refractivity contribution in [1.29, 1.82) is 0 Å². The van der Waals surface area contributed by atoms with Crippen LogP contribution in [0.5, 0.6) is 11.5 Å². The SMILES string of the molecule is CNC(C)c1cc(F)c(C)cc1Oc1cccc(Cl)c1F. The molecule has 0 aromatic heterocycles. The van der Waals surface area contributed by atoms with Crippen LogP contribution < -0.4 is 10.1 Å². The quantitative estimate of drug-likeness (QED) is 0.858. The van der Waals surface area contributed by atoms with Gasteiger partial charge in [-0.1, -0.05) is 17.7 Å². The van der Waals surface area contributed by atoms with Crippen LogP contribution in [-0.2, 0) is 0 Å². The lowest BCUT2D eigenvalue weighted by atomic mass is 10.0. The van der Waals surface area contributed by atoms with Crippen molar-refractivity contribution in [3.05, 3.63) is 58.1 Å². The summed E-state index contributed by atoms with van der Waals surface area (Å²) in [5.41, 5.74) is 1.04. The first-order valence-corrected chi connectivity index (χ1v) is 6.91. The second-order valence-corrected chi connectivity index (χ2v) is 5.21. The van der Waals surface area contributed by atoms with Gasteiger partial charge in [-0.3, -0.25) is 0 Å². The maximum atomic E-state index is 13.9. The van der Waals surface area contributed by atoms with E-state index in [1.807, 2.05) is 6.92 Å². The minimum absolute atomic E-state index is 0.0121. The standard InChI is InChI=1S/C16H16ClF2NO/c1-9-7-15(11(8-13(9)18)10(2)20-3)21-14-6-4-5-12(17)16(14)19/h4-8,10,20H,1-3H3. The highest BCUT2D eigenvalue weighted by atomic mass is 35.5. The van der Waals surface area contributed by atoms with Crippen LogP contribution in [0.3, 0.4) is 0 Å². The van der Waals surface area contributed by atoms with Crippen LogP contribution >= 0.6 is 11.6 Å². The average molecular weight is 312 g/mol. The van der Waals surface area contributed by atoms with E-state index in [1.54, 1.807) is 26.1 Å². The normalized spacial score (nSPS) is 12.3. The lowest BCUT2D eigenvalue weighted by molar-refractivity contribution is 0.429. The molecule has 21 heavy (non-hydrogen) atoms. The molecule has 1 atom stereocenters. The number of benzene rings is 2. The Morgan fingerprint density at radius 1 is 1.19 bits per heavy atom. The second-order valence-electron chi connectivity index (χ2n) is 4.80. The van der Waals surface area contributed by atoms with Gasteiger partial charge in [0.2, 0.25) is 0 Å². The van der Waals surface area contributed by atoms with Crippen molar-refractivity contribution >= 4 is 11.6 Å². The molecule has 0 aliphatic rings. The van der Waals surface area contributed by atoms with E-state index in [2.05, 4.69) is 5.32 Å². The fourth-order valence-corrected chi connectivity index (χ4v) is 2.10. The second kappa shape index (κ2) is 6.41. The molecule has 2 rings (SSSR count). The van der Waals surface area contributed by atoms with Crippen LogP contribution in [0.2, 0.25) is 5.02 Å². The Bertz CT molecular complexity index is 661. The van der Waals surface area contributed by atoms with Crippen molar-refractivity contribution in [3.8, 4) is 11.5 Å². The largest absolute Gasteiger partial charge is 0.454 e. The Balaban J connectivity index is 2.47. The number of nitrogens with one attached hydrogen (secondary N) is 1. The monoisotopic (exact) mass is 311 g/mol. The fraction of sp³-hybridized carbons (Fsp3) is 0.250. The van der Waals surface area contributed by atoms with Crippen LogP contribution in [0, 0.1) is 18.6 Å². The highest BCUT2D eigenvalue weighted by Crippen LogP contribution is 2.34. The molecule has 2 aromatic carbocycles. The van der Waals surface area contributed by atoms with Gasteiger partial charge < -0.3 is 10.1 Å². The van der Waals surface area contributed by atoms with Crippen molar-refractivity contribution < 1.29 is 13.5 Å². The van der Waals surface area contributed by atoms with Crippen molar-refractivity contribution in [2.75, 3.05) is 7.05 Å². The summed E-state index contributed by atoms with van der Waals surface area (Å²) in [6.45, 7) is 3.50. The third-order valence-corrected chi connectivity index (χ3v) is 3.62. The minimum Gasteiger partial charge on any atom is -0.454 e. The van der Waals surface area contributed by atoms with E-state index in [9.17, 15) is 8.78 Å². The Labute approximate surface area is 127 Å². The van der Waals surface area contributed by atoms with Gasteiger partial charge in [0.1, 0.15) is 11.6 Å². The molecule has 0 saturated carbocycles. The third-order valence-electron chi connectivity index (χ3n) is 3.33. The maximum absolute atomic E-state index is 13.9. The molecule has 5 heteroatoms. The first-order valence-electron chi connectivity index (χ1n) is 6.53. The van der Waals surface area contributed by atoms with Gasteiger partial charge in [0.15, 0.2) is 11.6 Å². The zero-order valence-electron chi connectivity index (χ0n) is 12.0. The van der Waals surface area contributed by atoms with E-state index in [1.165, 1.54) is 18.2 Å². The molecule has 0 heterocycles. The zero-order valence-corrected chi connectivity index (χ0v) is 12.8. The molecule has 2 nitrogen and oxygen atoms in total. The Morgan fingerprint density at radius 3 is 2.57 bits per heavy atom. The van der Waals surface area contributed by atoms with Crippen LogP contribution in [0.15, 0.2) is 30.3 Å². The van der Waals surface area contributed by atoms with Gasteiger partial charge in [-0.25, -0.2) is 8.78 Å². The molecule has 1 unspecified atom stereocenters. The summed E-state index contributed by atoms with van der Waals surface area (Å²) in [7, 11) is 1.76. The molecule has 0 fully saturated rings. The van der Waals surface area contributed by atoms with Crippen LogP contribution in [0.25, 0.3) is 0 Å². The number of aryl methyl sites for hydroxylation is 1. The maximum Gasteiger partial charge on any atom is 0.184 e. The predicted molar refractivity (Wildman–Crippen MR) is 80.1 cm³/mol. The molecule has 0 radical (unpaired) electrons. The lowest BCUT2D eigenvalue weighted by Crippen LogP contribution is -2.14. The van der Waals surface area contributed by atoms with Gasteiger partial charge in [-0.05, 0) is 50.7 Å². The molecule has 0 amide bonds. The summed E-state index contributed by atoms with van der Waals surface area (Å²) < 4.78 is 33.3. The van der Waals surface area contributed by atoms with Crippen molar-refractivity contribution in [1.82, 2.24) is 5.32 Å². The van der Waals surface area contributed by atoms with Gasteiger partial charge >= 0.3 is 0 Å². The molecule has 2 aromatic rings. The van der Waals surface area contributed by atoms with Crippen LogP contribution in [-0.4, -0.2) is 7.05 Å². The predicted octanol–water partition coefficient (Wildman–Crippen LogP) is 5.00. The topological polar surface area (TPSA) is 21.3 Å². The van der Waals surface area contributed by atoms with Crippen molar-refractivity contribution in [2.24, 2.45) is 0 Å². The Morgan fingerprint density at radius 2 is 1.90 bits per heavy atom. The highest BCUT2D eigenvalue weighted by Gasteiger charge is 2.16. The van der Waals surface area contributed by atoms with Gasteiger partial charge in [-0.2, -0.15) is 0 Å².